The van der Waals surface area contributed by atoms with E-state index in [1.807, 2.05) is 19.2 Å². The van der Waals surface area contributed by atoms with Crippen LogP contribution in [0.3, 0.4) is 0 Å². The van der Waals surface area contributed by atoms with E-state index in [1.165, 1.54) is 10.1 Å². The fourth-order valence-corrected chi connectivity index (χ4v) is 2.29. The summed E-state index contributed by atoms with van der Waals surface area (Å²) >= 11 is 0. The zero-order valence-corrected chi connectivity index (χ0v) is 11.2. The Labute approximate surface area is 107 Å². The Morgan fingerprint density at radius 1 is 1.44 bits per heavy atom. The third-order valence-corrected chi connectivity index (χ3v) is 3.45. The van der Waals surface area contributed by atoms with E-state index in [1.54, 1.807) is 7.05 Å². The summed E-state index contributed by atoms with van der Waals surface area (Å²) < 4.78 is 6.74. The molecule has 0 aliphatic carbocycles. The van der Waals surface area contributed by atoms with Crippen LogP contribution >= 0.6 is 0 Å². The first-order chi connectivity index (χ1) is 8.65. The van der Waals surface area contributed by atoms with Gasteiger partial charge < -0.3 is 9.73 Å². The molecule has 0 bridgehead atoms. The van der Waals surface area contributed by atoms with Crippen LogP contribution in [-0.4, -0.2) is 18.2 Å². The molecular formula is C14H20N2O2. The Morgan fingerprint density at radius 2 is 2.22 bits per heavy atom. The fourth-order valence-electron chi connectivity index (χ4n) is 2.29. The molecule has 0 spiro atoms. The molecule has 0 radical (unpaired) electrons. The summed E-state index contributed by atoms with van der Waals surface area (Å²) in [6.07, 6.45) is 2.14. The highest BCUT2D eigenvalue weighted by molar-refractivity contribution is 5.73. The van der Waals surface area contributed by atoms with Gasteiger partial charge in [-0.3, -0.25) is 4.57 Å². The molecule has 0 saturated heterocycles. The molecule has 1 heterocycles. The van der Waals surface area contributed by atoms with Crippen LogP contribution in [0.15, 0.2) is 27.4 Å². The fraction of sp³-hybridized carbons (Fsp3) is 0.500. The summed E-state index contributed by atoms with van der Waals surface area (Å²) in [5.74, 6) is 0.312. The van der Waals surface area contributed by atoms with Crippen LogP contribution < -0.4 is 11.1 Å². The molecule has 1 atom stereocenters. The summed E-state index contributed by atoms with van der Waals surface area (Å²) in [6.45, 7) is 3.20. The number of rotatable bonds is 5. The van der Waals surface area contributed by atoms with Crippen molar-refractivity contribution in [2.24, 2.45) is 13.0 Å². The quantitative estimate of drug-likeness (QED) is 0.879. The molecule has 0 saturated carbocycles. The second-order valence-electron chi connectivity index (χ2n) is 4.77. The molecule has 2 aromatic rings. The lowest BCUT2D eigenvalue weighted by Crippen LogP contribution is -2.20. The van der Waals surface area contributed by atoms with E-state index < -0.39 is 0 Å². The molecule has 2 rings (SSSR count). The number of hydrogen-bond acceptors (Lipinski definition) is 3. The molecule has 4 heteroatoms. The first kappa shape index (κ1) is 12.9. The van der Waals surface area contributed by atoms with Crippen LogP contribution in [0.1, 0.15) is 18.9 Å². The topological polar surface area (TPSA) is 47.2 Å². The van der Waals surface area contributed by atoms with E-state index in [-0.39, 0.29) is 5.76 Å². The summed E-state index contributed by atoms with van der Waals surface area (Å²) in [6, 6.07) is 6.02. The predicted molar refractivity (Wildman–Crippen MR) is 72.9 cm³/mol. The van der Waals surface area contributed by atoms with E-state index in [2.05, 4.69) is 18.3 Å². The monoisotopic (exact) mass is 248 g/mol. The number of aromatic nitrogens is 1. The molecule has 98 valence electrons. The number of aryl methyl sites for hydroxylation is 1. The highest BCUT2D eigenvalue weighted by Gasteiger charge is 2.10. The number of fused-ring (bicyclic) bond motifs is 1. The molecule has 0 aliphatic heterocycles. The number of nitrogens with zero attached hydrogens (tertiary/aromatic N) is 1. The summed E-state index contributed by atoms with van der Waals surface area (Å²) in [4.78, 5) is 11.4. The van der Waals surface area contributed by atoms with Crippen LogP contribution in [-0.2, 0) is 13.5 Å². The van der Waals surface area contributed by atoms with Gasteiger partial charge in [0.1, 0.15) is 0 Å². The Morgan fingerprint density at radius 3 is 2.89 bits per heavy atom. The minimum Gasteiger partial charge on any atom is -0.408 e. The largest absolute Gasteiger partial charge is 0.419 e. The maximum Gasteiger partial charge on any atom is 0.419 e. The van der Waals surface area contributed by atoms with E-state index in [0.717, 1.165) is 24.9 Å². The van der Waals surface area contributed by atoms with Crippen molar-refractivity contribution in [3.05, 3.63) is 34.3 Å². The third kappa shape index (κ3) is 2.48. The summed E-state index contributed by atoms with van der Waals surface area (Å²) in [5, 5.41) is 3.21. The molecule has 0 fully saturated rings. The Hall–Kier alpha value is -1.55. The van der Waals surface area contributed by atoms with E-state index in [4.69, 9.17) is 4.42 Å². The van der Waals surface area contributed by atoms with Gasteiger partial charge in [0.2, 0.25) is 0 Å². The van der Waals surface area contributed by atoms with Crippen LogP contribution in [0.25, 0.3) is 11.1 Å². The van der Waals surface area contributed by atoms with Gasteiger partial charge in [0, 0.05) is 7.05 Å². The van der Waals surface area contributed by atoms with Crippen molar-refractivity contribution in [1.29, 1.82) is 0 Å². The van der Waals surface area contributed by atoms with Gasteiger partial charge in [0.05, 0.1) is 5.52 Å². The molecule has 1 N–H and O–H groups in total. The smallest absolute Gasteiger partial charge is 0.408 e. The van der Waals surface area contributed by atoms with Crippen LogP contribution in [0.4, 0.5) is 0 Å². The number of hydrogen-bond donors (Lipinski definition) is 1. The summed E-state index contributed by atoms with van der Waals surface area (Å²) in [7, 11) is 3.70. The lowest BCUT2D eigenvalue weighted by Gasteiger charge is -2.13. The predicted octanol–water partition coefficient (Wildman–Crippen LogP) is 1.92. The molecule has 1 aromatic carbocycles. The summed E-state index contributed by atoms with van der Waals surface area (Å²) in [5.41, 5.74) is 2.75. The molecule has 0 aliphatic rings. The van der Waals surface area contributed by atoms with Crippen molar-refractivity contribution < 1.29 is 4.42 Å². The maximum atomic E-state index is 11.4. The van der Waals surface area contributed by atoms with Gasteiger partial charge in [-0.05, 0) is 43.6 Å². The second kappa shape index (κ2) is 5.40. The standard InChI is InChI=1S/C14H20N2O2/c1-4-10(9-15-2)7-11-5-6-12-13(8-11)18-14(17)16(12)3/h5-6,8,10,15H,4,7,9H2,1-3H3. The van der Waals surface area contributed by atoms with Crippen LogP contribution in [0.5, 0.6) is 0 Å². The number of nitrogens with one attached hydrogen (secondary N) is 1. The first-order valence-corrected chi connectivity index (χ1v) is 6.38. The van der Waals surface area contributed by atoms with Crippen molar-refractivity contribution >= 4 is 11.1 Å². The number of oxazole rings is 1. The van der Waals surface area contributed by atoms with Gasteiger partial charge in [-0.25, -0.2) is 4.79 Å². The molecular weight excluding hydrogens is 228 g/mol. The van der Waals surface area contributed by atoms with Gasteiger partial charge in [-0.1, -0.05) is 19.4 Å². The Balaban J connectivity index is 2.27. The molecule has 1 aromatic heterocycles. The van der Waals surface area contributed by atoms with Gasteiger partial charge in [0.25, 0.3) is 0 Å². The van der Waals surface area contributed by atoms with Gasteiger partial charge in [-0.2, -0.15) is 0 Å². The van der Waals surface area contributed by atoms with E-state index in [9.17, 15) is 4.79 Å². The second-order valence-corrected chi connectivity index (χ2v) is 4.77. The molecule has 4 nitrogen and oxygen atoms in total. The highest BCUT2D eigenvalue weighted by atomic mass is 16.4. The third-order valence-electron chi connectivity index (χ3n) is 3.45. The van der Waals surface area contributed by atoms with Gasteiger partial charge >= 0.3 is 5.76 Å². The highest BCUT2D eigenvalue weighted by Crippen LogP contribution is 2.18. The molecule has 18 heavy (non-hydrogen) atoms. The average molecular weight is 248 g/mol. The average Bonchev–Trinajstić information content (AvgIpc) is 2.64. The number of benzene rings is 1. The molecule has 1 unspecified atom stereocenters. The van der Waals surface area contributed by atoms with Gasteiger partial charge in [-0.15, -0.1) is 0 Å². The zero-order chi connectivity index (χ0) is 13.1. The van der Waals surface area contributed by atoms with Crippen LogP contribution in [0.2, 0.25) is 0 Å². The van der Waals surface area contributed by atoms with Crippen LogP contribution in [0, 0.1) is 5.92 Å². The lowest BCUT2D eigenvalue weighted by atomic mass is 9.97. The van der Waals surface area contributed by atoms with Crippen molar-refractivity contribution in [2.45, 2.75) is 19.8 Å². The minimum absolute atomic E-state index is 0.301. The Bertz CT molecular complexity index is 583. The van der Waals surface area contributed by atoms with Crippen molar-refractivity contribution in [2.75, 3.05) is 13.6 Å². The maximum absolute atomic E-state index is 11.4. The van der Waals surface area contributed by atoms with E-state index >= 15 is 0 Å². The first-order valence-electron chi connectivity index (χ1n) is 6.38. The van der Waals surface area contributed by atoms with Crippen molar-refractivity contribution in [1.82, 2.24) is 9.88 Å². The van der Waals surface area contributed by atoms with Crippen molar-refractivity contribution in [3.63, 3.8) is 0 Å². The SMILES string of the molecule is CCC(CNC)Cc1ccc2c(c1)oc(=O)n2C. The lowest BCUT2D eigenvalue weighted by molar-refractivity contribution is 0.480. The van der Waals surface area contributed by atoms with E-state index in [0.29, 0.717) is 11.5 Å². The zero-order valence-electron chi connectivity index (χ0n) is 11.2. The van der Waals surface area contributed by atoms with Crippen molar-refractivity contribution in [3.8, 4) is 0 Å². The van der Waals surface area contributed by atoms with Gasteiger partial charge in [0.15, 0.2) is 5.58 Å². The Kier molecular flexibility index (Phi) is 3.87. The normalized spacial score (nSPS) is 13.1. The minimum atomic E-state index is -0.301. The molecule has 0 amide bonds.